The van der Waals surface area contributed by atoms with E-state index in [-0.39, 0.29) is 43.6 Å². The summed E-state index contributed by atoms with van der Waals surface area (Å²) in [5, 5.41) is 30.5. The Morgan fingerprint density at radius 3 is 1.57 bits per heavy atom. The van der Waals surface area contributed by atoms with Crippen LogP contribution in [0.5, 0.6) is 11.5 Å². The van der Waals surface area contributed by atoms with Gasteiger partial charge in [0.2, 0.25) is 0 Å². The van der Waals surface area contributed by atoms with Crippen LogP contribution < -0.4 is 23.9 Å². The van der Waals surface area contributed by atoms with Gasteiger partial charge in [0.05, 0.1) is 13.2 Å². The molecule has 0 amide bonds. The summed E-state index contributed by atoms with van der Waals surface area (Å²) in [5.41, 5.74) is 1.03. The molecule has 0 radical (unpaired) electrons. The predicted octanol–water partition coefficient (Wildman–Crippen LogP) is -1.82. The van der Waals surface area contributed by atoms with Crippen LogP contribution in [0.15, 0.2) is 48.5 Å². The maximum atomic E-state index is 11.5. The Balaban J connectivity index is 0.00000220. The molecule has 5 nitrogen and oxygen atoms in total. The molecule has 2 N–H and O–H groups in total. The third-order valence-electron chi connectivity index (χ3n) is 2.73. The Labute approximate surface area is 135 Å². The van der Waals surface area contributed by atoms with Crippen molar-refractivity contribution in [2.75, 3.05) is 0 Å². The quantitative estimate of drug-likeness (QED) is 0.609. The van der Waals surface area contributed by atoms with Gasteiger partial charge < -0.3 is 24.5 Å². The molecule has 0 aliphatic carbocycles. The summed E-state index contributed by atoms with van der Waals surface area (Å²) < 4.78 is 9.90. The van der Waals surface area contributed by atoms with Gasteiger partial charge in [-0.25, -0.2) is 0 Å². The number of phenolic OH excluding ortho intramolecular Hbond substituents is 2. The van der Waals surface area contributed by atoms with Crippen LogP contribution in [0.2, 0.25) is 0 Å². The molecule has 2 aromatic carbocycles. The molecule has 0 fully saturated rings. The van der Waals surface area contributed by atoms with Gasteiger partial charge >= 0.3 is 26.2 Å². The number of benzene rings is 2. The van der Waals surface area contributed by atoms with Gasteiger partial charge in [0, 0.05) is 11.1 Å². The molecule has 2 aromatic rings. The first-order valence-corrected chi connectivity index (χ1v) is 6.09. The minimum atomic E-state index is -1.69. The van der Waals surface area contributed by atoms with Crippen molar-refractivity contribution >= 4 is 7.32 Å². The van der Waals surface area contributed by atoms with Crippen LogP contribution in [0.25, 0.3) is 0 Å². The Morgan fingerprint density at radius 1 is 0.810 bits per heavy atom. The maximum absolute atomic E-state index is 11.5. The minimum absolute atomic E-state index is 0. The van der Waals surface area contributed by atoms with Crippen molar-refractivity contribution in [1.29, 1.82) is 0 Å². The van der Waals surface area contributed by atoms with Crippen LogP contribution in [-0.2, 0) is 22.5 Å². The van der Waals surface area contributed by atoms with Crippen molar-refractivity contribution in [2.45, 2.75) is 13.2 Å². The monoisotopic (exact) mass is 280 g/mol. The molecule has 2 rings (SSSR count). The van der Waals surface area contributed by atoms with Crippen LogP contribution in [0, 0.1) is 0 Å². The first-order valence-electron chi connectivity index (χ1n) is 6.09. The second kappa shape index (κ2) is 8.78. The molecule has 0 saturated carbocycles. The van der Waals surface area contributed by atoms with Gasteiger partial charge in [0.25, 0.3) is 0 Å². The van der Waals surface area contributed by atoms with Crippen molar-refractivity contribution in [3.63, 3.8) is 0 Å². The summed E-state index contributed by atoms with van der Waals surface area (Å²) >= 11 is 0. The van der Waals surface area contributed by atoms with Crippen molar-refractivity contribution < 1.29 is 43.4 Å². The largest absolute Gasteiger partial charge is 1.00 e. The smallest absolute Gasteiger partial charge is 0.832 e. The minimum Gasteiger partial charge on any atom is -0.832 e. The van der Waals surface area contributed by atoms with Crippen LogP contribution in [0.1, 0.15) is 11.1 Å². The molecule has 0 aliphatic heterocycles. The van der Waals surface area contributed by atoms with E-state index in [1.807, 2.05) is 0 Å². The van der Waals surface area contributed by atoms with Crippen molar-refractivity contribution in [2.24, 2.45) is 0 Å². The molecule has 0 atom stereocenters. The zero-order valence-electron chi connectivity index (χ0n) is 11.7. The van der Waals surface area contributed by atoms with Gasteiger partial charge in [-0.1, -0.05) is 36.4 Å². The second-order valence-corrected chi connectivity index (χ2v) is 4.17. The van der Waals surface area contributed by atoms with Gasteiger partial charge in [0.15, 0.2) is 0 Å². The normalized spacial score (nSPS) is 9.95. The van der Waals surface area contributed by atoms with E-state index in [1.54, 1.807) is 36.4 Å². The first-order chi connectivity index (χ1) is 9.66. The van der Waals surface area contributed by atoms with E-state index in [0.717, 1.165) is 0 Å². The maximum Gasteiger partial charge on any atom is 1.00 e. The van der Waals surface area contributed by atoms with Crippen LogP contribution in [0.4, 0.5) is 0 Å². The Hall–Kier alpha value is -1.42. The summed E-state index contributed by atoms with van der Waals surface area (Å²) in [5.74, 6) is 0.140. The molecular weight excluding hydrogens is 266 g/mol. The summed E-state index contributed by atoms with van der Waals surface area (Å²) in [6.07, 6.45) is 0. The summed E-state index contributed by atoms with van der Waals surface area (Å²) in [7, 11) is -1.69. The topological polar surface area (TPSA) is 82.0 Å². The zero-order valence-corrected chi connectivity index (χ0v) is 11.7. The fraction of sp³-hybridized carbons (Fsp3) is 0.143. The molecule has 7 heteroatoms. The van der Waals surface area contributed by atoms with Gasteiger partial charge in [-0.05, 0) is 12.1 Å². The molecule has 0 spiro atoms. The number of aromatic hydroxyl groups is 2. The van der Waals surface area contributed by atoms with E-state index in [4.69, 9.17) is 9.31 Å². The number of rotatable bonds is 6. The molecule has 0 aromatic heterocycles. The van der Waals surface area contributed by atoms with Gasteiger partial charge in [-0.15, -0.1) is 0 Å². The van der Waals surface area contributed by atoms with Crippen LogP contribution in [0.3, 0.4) is 0 Å². The SMILES string of the molecule is [Li+].[O-]B(OCc1ccccc1O)OCc1ccccc1O. The first kappa shape index (κ1) is 17.6. The molecule has 0 aliphatic rings. The van der Waals surface area contributed by atoms with Crippen LogP contribution in [-0.4, -0.2) is 17.5 Å². The summed E-state index contributed by atoms with van der Waals surface area (Å²) in [4.78, 5) is 0. The van der Waals surface area contributed by atoms with E-state index in [2.05, 4.69) is 0 Å². The standard InChI is InChI=1S/C14H14BO5.Li/c16-13-7-3-1-5-11(13)9-19-15(18)20-10-12-6-2-4-8-14(12)17;/h1-8,16-17H,9-10H2;/q-1;+1. The van der Waals surface area contributed by atoms with E-state index in [1.165, 1.54) is 12.1 Å². The molecular formula is C14H14BLiO5. The Morgan fingerprint density at radius 2 is 1.19 bits per heavy atom. The van der Waals surface area contributed by atoms with Gasteiger partial charge in [-0.2, -0.15) is 0 Å². The number of phenols is 2. The van der Waals surface area contributed by atoms with Crippen molar-refractivity contribution in [1.82, 2.24) is 0 Å². The van der Waals surface area contributed by atoms with E-state index in [0.29, 0.717) is 11.1 Å². The van der Waals surface area contributed by atoms with Gasteiger partial charge in [-0.3, -0.25) is 0 Å². The molecule has 104 valence electrons. The third-order valence-corrected chi connectivity index (χ3v) is 2.73. The van der Waals surface area contributed by atoms with E-state index in [9.17, 15) is 15.2 Å². The molecule has 0 unspecified atom stereocenters. The average Bonchev–Trinajstić information content (AvgIpc) is 2.45. The number of hydrogen-bond donors (Lipinski definition) is 2. The van der Waals surface area contributed by atoms with Gasteiger partial charge in [0.1, 0.15) is 11.5 Å². The Bertz CT molecular complexity index is 517. The molecule has 0 heterocycles. The zero-order chi connectivity index (χ0) is 14.4. The number of para-hydroxylation sites is 2. The molecule has 21 heavy (non-hydrogen) atoms. The third kappa shape index (κ3) is 5.46. The fourth-order valence-electron chi connectivity index (χ4n) is 1.63. The fourth-order valence-corrected chi connectivity index (χ4v) is 1.63. The summed E-state index contributed by atoms with van der Waals surface area (Å²) in [6.45, 7) is -0.0801. The average molecular weight is 280 g/mol. The summed E-state index contributed by atoms with van der Waals surface area (Å²) in [6, 6.07) is 13.2. The van der Waals surface area contributed by atoms with Crippen molar-refractivity contribution in [3.8, 4) is 11.5 Å². The van der Waals surface area contributed by atoms with Crippen molar-refractivity contribution in [3.05, 3.63) is 59.7 Å². The second-order valence-electron chi connectivity index (χ2n) is 4.17. The Kier molecular flexibility index (Phi) is 7.37. The molecule has 0 bridgehead atoms. The predicted molar refractivity (Wildman–Crippen MR) is 71.5 cm³/mol. The van der Waals surface area contributed by atoms with E-state index >= 15 is 0 Å². The molecule has 0 saturated heterocycles. The van der Waals surface area contributed by atoms with E-state index < -0.39 is 7.32 Å². The van der Waals surface area contributed by atoms with Crippen LogP contribution >= 0.6 is 0 Å². The number of hydrogen-bond acceptors (Lipinski definition) is 5.